The van der Waals surface area contributed by atoms with Gasteiger partial charge >= 0.3 is 0 Å². The molecular formula is C23H19N3O6S. The normalized spacial score (nSPS) is 11.2. The van der Waals surface area contributed by atoms with Gasteiger partial charge in [0.15, 0.2) is 0 Å². The van der Waals surface area contributed by atoms with Gasteiger partial charge in [-0.1, -0.05) is 24.3 Å². The number of ether oxygens (including phenoxy) is 1. The molecular weight excluding hydrogens is 446 g/mol. The Bertz CT molecular complexity index is 1530. The molecule has 4 rings (SSSR count). The van der Waals surface area contributed by atoms with Crippen molar-refractivity contribution >= 4 is 38.2 Å². The summed E-state index contributed by atoms with van der Waals surface area (Å²) in [5.74, 6) is -0.842. The lowest BCUT2D eigenvalue weighted by molar-refractivity contribution is 0.102. The number of methoxy groups -OCH3 is 1. The molecule has 1 heterocycles. The number of carbonyl (C=O) groups excluding carboxylic acids is 1. The van der Waals surface area contributed by atoms with Gasteiger partial charge in [-0.3, -0.25) is 14.3 Å². The maximum absolute atomic E-state index is 12.9. The van der Waals surface area contributed by atoms with Gasteiger partial charge in [0.1, 0.15) is 17.1 Å². The largest absolute Gasteiger partial charge is 0.506 e. The smallest absolute Gasteiger partial charge is 0.262 e. The number of anilines is 2. The van der Waals surface area contributed by atoms with E-state index in [0.717, 1.165) is 12.1 Å². The summed E-state index contributed by atoms with van der Waals surface area (Å²) in [7, 11) is -2.67. The SMILES string of the molecule is COc1ccccc1NS(=O)(=O)c1ccc(O)c(NC(=O)c2c[nH]c3ccccc3c2=O)c1. The first-order valence-corrected chi connectivity index (χ1v) is 11.2. The van der Waals surface area contributed by atoms with Crippen molar-refractivity contribution < 1.29 is 23.1 Å². The number of pyridine rings is 1. The molecule has 3 aromatic carbocycles. The first-order valence-electron chi connectivity index (χ1n) is 9.71. The number of sulfonamides is 1. The third kappa shape index (κ3) is 4.37. The number of hydrogen-bond donors (Lipinski definition) is 4. The Hall–Kier alpha value is -4.31. The van der Waals surface area contributed by atoms with Crippen LogP contribution >= 0.6 is 0 Å². The second-order valence-corrected chi connectivity index (χ2v) is 8.70. The van der Waals surface area contributed by atoms with Gasteiger partial charge in [0.25, 0.3) is 15.9 Å². The molecule has 33 heavy (non-hydrogen) atoms. The lowest BCUT2D eigenvalue weighted by Gasteiger charge is -2.13. The van der Waals surface area contributed by atoms with Crippen molar-refractivity contribution in [1.82, 2.24) is 4.98 Å². The first kappa shape index (κ1) is 21.9. The molecule has 0 saturated carbocycles. The predicted octanol–water partition coefficient (Wildman–Crippen LogP) is 3.30. The van der Waals surface area contributed by atoms with Crippen LogP contribution in [0.3, 0.4) is 0 Å². The second kappa shape index (κ2) is 8.67. The topological polar surface area (TPSA) is 138 Å². The van der Waals surface area contributed by atoms with Crippen LogP contribution in [0.25, 0.3) is 10.9 Å². The maximum atomic E-state index is 12.9. The summed E-state index contributed by atoms with van der Waals surface area (Å²) in [6.45, 7) is 0. The third-order valence-corrected chi connectivity index (χ3v) is 6.27. The van der Waals surface area contributed by atoms with Gasteiger partial charge in [0, 0.05) is 17.1 Å². The molecule has 0 radical (unpaired) electrons. The molecule has 4 aromatic rings. The van der Waals surface area contributed by atoms with Gasteiger partial charge < -0.3 is 20.1 Å². The van der Waals surface area contributed by atoms with Crippen LogP contribution in [0, 0.1) is 0 Å². The van der Waals surface area contributed by atoms with Gasteiger partial charge in [-0.25, -0.2) is 8.42 Å². The molecule has 0 atom stereocenters. The molecule has 9 nitrogen and oxygen atoms in total. The van der Waals surface area contributed by atoms with E-state index >= 15 is 0 Å². The Labute approximate surface area is 188 Å². The number of fused-ring (bicyclic) bond motifs is 1. The molecule has 0 unspecified atom stereocenters. The number of aromatic hydroxyl groups is 1. The first-order chi connectivity index (χ1) is 15.8. The standard InChI is InChI=1S/C23H19N3O6S/c1-32-21-9-5-4-8-18(21)26-33(30,31)14-10-11-20(27)19(12-14)25-23(29)16-13-24-17-7-3-2-6-15(17)22(16)28/h2-13,26-27H,1H3,(H,24,28)(H,25,29). The van der Waals surface area contributed by atoms with Crippen LogP contribution in [-0.4, -0.2) is 31.5 Å². The Kier molecular flexibility index (Phi) is 5.76. The van der Waals surface area contributed by atoms with E-state index in [1.807, 2.05) is 0 Å². The fraction of sp³-hybridized carbons (Fsp3) is 0.0435. The predicted molar refractivity (Wildman–Crippen MR) is 124 cm³/mol. The Morgan fingerprint density at radius 3 is 2.52 bits per heavy atom. The lowest BCUT2D eigenvalue weighted by atomic mass is 10.1. The summed E-state index contributed by atoms with van der Waals surface area (Å²) in [5.41, 5.74) is -0.0642. The molecule has 0 spiro atoms. The van der Waals surface area contributed by atoms with Gasteiger partial charge in [-0.05, 0) is 42.5 Å². The number of H-pyrrole nitrogens is 1. The summed E-state index contributed by atoms with van der Waals surface area (Å²) >= 11 is 0. The van der Waals surface area contributed by atoms with Crippen LogP contribution in [0.5, 0.6) is 11.5 Å². The number of rotatable bonds is 6. The van der Waals surface area contributed by atoms with Crippen LogP contribution in [0.1, 0.15) is 10.4 Å². The lowest BCUT2D eigenvalue weighted by Crippen LogP contribution is -2.22. The second-order valence-electron chi connectivity index (χ2n) is 7.02. The van der Waals surface area contributed by atoms with E-state index in [-0.39, 0.29) is 27.6 Å². The third-order valence-electron chi connectivity index (χ3n) is 4.91. The van der Waals surface area contributed by atoms with E-state index in [0.29, 0.717) is 16.7 Å². The molecule has 0 fully saturated rings. The number of aromatic nitrogens is 1. The highest BCUT2D eigenvalue weighted by Gasteiger charge is 2.20. The zero-order valence-electron chi connectivity index (χ0n) is 17.3. The van der Waals surface area contributed by atoms with Crippen LogP contribution in [-0.2, 0) is 10.0 Å². The molecule has 1 aromatic heterocycles. The zero-order chi connectivity index (χ0) is 23.6. The van der Waals surface area contributed by atoms with Crippen molar-refractivity contribution in [3.8, 4) is 11.5 Å². The van der Waals surface area contributed by atoms with Crippen molar-refractivity contribution in [1.29, 1.82) is 0 Å². The number of nitrogens with one attached hydrogen (secondary N) is 3. The number of carbonyl (C=O) groups is 1. The van der Waals surface area contributed by atoms with Crippen LogP contribution in [0.2, 0.25) is 0 Å². The van der Waals surface area contributed by atoms with E-state index in [9.17, 15) is 23.1 Å². The quantitative estimate of drug-likeness (QED) is 0.323. The summed E-state index contributed by atoms with van der Waals surface area (Å²) in [6.07, 6.45) is 1.26. The Morgan fingerprint density at radius 1 is 1.00 bits per heavy atom. The summed E-state index contributed by atoms with van der Waals surface area (Å²) in [4.78, 5) is 28.1. The molecule has 168 valence electrons. The minimum atomic E-state index is -4.08. The average Bonchev–Trinajstić information content (AvgIpc) is 2.81. The zero-order valence-corrected chi connectivity index (χ0v) is 18.1. The van der Waals surface area contributed by atoms with Crippen LogP contribution in [0.4, 0.5) is 11.4 Å². The van der Waals surface area contributed by atoms with E-state index in [1.165, 1.54) is 25.4 Å². The number of aromatic amines is 1. The van der Waals surface area contributed by atoms with Gasteiger partial charge in [0.2, 0.25) is 5.43 Å². The molecule has 0 bridgehead atoms. The number of phenols is 1. The van der Waals surface area contributed by atoms with E-state index in [1.54, 1.807) is 42.5 Å². The number of amides is 1. The molecule has 0 aliphatic heterocycles. The fourth-order valence-corrected chi connectivity index (χ4v) is 4.34. The summed E-state index contributed by atoms with van der Waals surface area (Å²) in [5, 5.41) is 12.9. The molecule has 1 amide bonds. The van der Waals surface area contributed by atoms with Gasteiger partial charge in [0.05, 0.1) is 23.4 Å². The number of hydrogen-bond acceptors (Lipinski definition) is 6. The number of benzene rings is 3. The molecule has 4 N–H and O–H groups in total. The fourth-order valence-electron chi connectivity index (χ4n) is 3.24. The molecule has 0 aliphatic rings. The van der Waals surface area contributed by atoms with Crippen molar-refractivity contribution in [2.75, 3.05) is 17.1 Å². The van der Waals surface area contributed by atoms with Crippen molar-refractivity contribution in [2.45, 2.75) is 4.90 Å². The van der Waals surface area contributed by atoms with E-state index in [4.69, 9.17) is 4.74 Å². The van der Waals surface area contributed by atoms with Gasteiger partial charge in [-0.15, -0.1) is 0 Å². The molecule has 10 heteroatoms. The van der Waals surface area contributed by atoms with E-state index in [2.05, 4.69) is 15.0 Å². The Morgan fingerprint density at radius 2 is 1.73 bits per heavy atom. The highest BCUT2D eigenvalue weighted by atomic mass is 32.2. The van der Waals surface area contributed by atoms with Crippen molar-refractivity contribution in [2.24, 2.45) is 0 Å². The van der Waals surface area contributed by atoms with Gasteiger partial charge in [-0.2, -0.15) is 0 Å². The Balaban J connectivity index is 1.64. The molecule has 0 aliphatic carbocycles. The average molecular weight is 465 g/mol. The number of para-hydroxylation sites is 3. The number of phenolic OH excluding ortho intramolecular Hbond substituents is 1. The summed E-state index contributed by atoms with van der Waals surface area (Å²) < 4.78 is 33.3. The van der Waals surface area contributed by atoms with Crippen LogP contribution < -0.4 is 20.2 Å². The monoisotopic (exact) mass is 465 g/mol. The summed E-state index contributed by atoms with van der Waals surface area (Å²) in [6, 6.07) is 16.6. The van der Waals surface area contributed by atoms with Crippen LogP contribution in [0.15, 0.2) is 82.6 Å². The van der Waals surface area contributed by atoms with Crippen molar-refractivity contribution in [3.63, 3.8) is 0 Å². The van der Waals surface area contributed by atoms with E-state index < -0.39 is 21.4 Å². The van der Waals surface area contributed by atoms with Crippen molar-refractivity contribution in [3.05, 3.63) is 88.7 Å². The maximum Gasteiger partial charge on any atom is 0.262 e. The minimum Gasteiger partial charge on any atom is -0.506 e. The minimum absolute atomic E-state index is 0.171. The highest BCUT2D eigenvalue weighted by Crippen LogP contribution is 2.30. The molecule has 0 saturated heterocycles. The highest BCUT2D eigenvalue weighted by molar-refractivity contribution is 7.92.